The maximum Gasteiger partial charge on any atom is 0.321 e. The summed E-state index contributed by atoms with van der Waals surface area (Å²) in [7, 11) is 0. The number of carbonyl (C=O) groups excluding carboxylic acids is 1. The first kappa shape index (κ1) is 14.7. The van der Waals surface area contributed by atoms with Crippen LogP contribution in [0, 0.1) is 0 Å². The van der Waals surface area contributed by atoms with Gasteiger partial charge in [-0.3, -0.25) is 10.3 Å². The van der Waals surface area contributed by atoms with Crippen LogP contribution in [-0.2, 0) is 0 Å². The third kappa shape index (κ3) is 3.91. The minimum Gasteiger partial charge on any atom is -0.325 e. The lowest BCUT2D eigenvalue weighted by Gasteiger charge is -2.19. The van der Waals surface area contributed by atoms with Gasteiger partial charge in [-0.2, -0.15) is 0 Å². The number of rotatable bonds is 4. The van der Waals surface area contributed by atoms with Crippen LogP contribution < -0.4 is 10.6 Å². The number of anilines is 1. The number of benzene rings is 1. The van der Waals surface area contributed by atoms with Gasteiger partial charge in [-0.25, -0.2) is 9.78 Å². The highest BCUT2D eigenvalue weighted by Crippen LogP contribution is 2.20. The van der Waals surface area contributed by atoms with E-state index >= 15 is 0 Å². The SMILES string of the molecule is O=C(Nc1ccccn1)N[C@@H](c1ccccc1)c1ccccn1. The van der Waals surface area contributed by atoms with E-state index in [-0.39, 0.29) is 12.1 Å². The van der Waals surface area contributed by atoms with Gasteiger partial charge in [-0.05, 0) is 29.8 Å². The minimum absolute atomic E-state index is 0.330. The number of carbonyl (C=O) groups is 1. The first-order valence-corrected chi connectivity index (χ1v) is 7.27. The number of urea groups is 1. The number of nitrogens with zero attached hydrogens (tertiary/aromatic N) is 2. The summed E-state index contributed by atoms with van der Waals surface area (Å²) in [5.74, 6) is 0.498. The van der Waals surface area contributed by atoms with Crippen molar-refractivity contribution in [1.82, 2.24) is 15.3 Å². The van der Waals surface area contributed by atoms with Gasteiger partial charge in [0.2, 0.25) is 0 Å². The fourth-order valence-electron chi connectivity index (χ4n) is 2.24. The summed E-state index contributed by atoms with van der Waals surface area (Å²) in [6.07, 6.45) is 3.34. The molecule has 0 unspecified atom stereocenters. The Hall–Kier alpha value is -3.21. The van der Waals surface area contributed by atoms with E-state index in [4.69, 9.17) is 0 Å². The van der Waals surface area contributed by atoms with Crippen molar-refractivity contribution in [2.75, 3.05) is 5.32 Å². The van der Waals surface area contributed by atoms with Gasteiger partial charge in [0, 0.05) is 12.4 Å². The Labute approximate surface area is 134 Å². The van der Waals surface area contributed by atoms with Crippen LogP contribution in [0.5, 0.6) is 0 Å². The smallest absolute Gasteiger partial charge is 0.321 e. The van der Waals surface area contributed by atoms with Crippen LogP contribution >= 0.6 is 0 Å². The number of hydrogen-bond acceptors (Lipinski definition) is 3. The molecule has 0 spiro atoms. The normalized spacial score (nSPS) is 11.5. The van der Waals surface area contributed by atoms with Crippen molar-refractivity contribution < 1.29 is 4.79 Å². The molecule has 5 nitrogen and oxygen atoms in total. The fraction of sp³-hybridized carbons (Fsp3) is 0.0556. The van der Waals surface area contributed by atoms with Gasteiger partial charge >= 0.3 is 6.03 Å². The van der Waals surface area contributed by atoms with Crippen molar-refractivity contribution in [3.63, 3.8) is 0 Å². The highest BCUT2D eigenvalue weighted by atomic mass is 16.2. The van der Waals surface area contributed by atoms with Gasteiger partial charge in [-0.1, -0.05) is 42.5 Å². The Morgan fingerprint density at radius 3 is 2.17 bits per heavy atom. The summed E-state index contributed by atoms with van der Waals surface area (Å²) in [6, 6.07) is 20.0. The van der Waals surface area contributed by atoms with E-state index in [1.807, 2.05) is 54.6 Å². The van der Waals surface area contributed by atoms with Crippen molar-refractivity contribution in [3.8, 4) is 0 Å². The summed E-state index contributed by atoms with van der Waals surface area (Å²) in [5, 5.41) is 5.67. The summed E-state index contributed by atoms with van der Waals surface area (Å²) in [6.45, 7) is 0. The van der Waals surface area contributed by atoms with Gasteiger partial charge in [0.05, 0.1) is 11.7 Å². The maximum absolute atomic E-state index is 12.3. The van der Waals surface area contributed by atoms with Crippen LogP contribution in [0.3, 0.4) is 0 Å². The molecule has 0 aliphatic heterocycles. The second-order valence-corrected chi connectivity index (χ2v) is 4.91. The van der Waals surface area contributed by atoms with E-state index < -0.39 is 0 Å². The number of nitrogens with one attached hydrogen (secondary N) is 2. The first-order valence-electron chi connectivity index (χ1n) is 7.27. The topological polar surface area (TPSA) is 66.9 Å². The van der Waals surface area contributed by atoms with Crippen LogP contribution in [0.2, 0.25) is 0 Å². The lowest BCUT2D eigenvalue weighted by Crippen LogP contribution is -2.33. The first-order chi connectivity index (χ1) is 11.3. The van der Waals surface area contributed by atoms with Crippen LogP contribution in [0.4, 0.5) is 10.6 Å². The van der Waals surface area contributed by atoms with Crippen LogP contribution in [0.25, 0.3) is 0 Å². The van der Waals surface area contributed by atoms with E-state index in [1.54, 1.807) is 24.5 Å². The molecule has 0 bridgehead atoms. The van der Waals surface area contributed by atoms with Gasteiger partial charge in [0.15, 0.2) is 0 Å². The number of hydrogen-bond donors (Lipinski definition) is 2. The van der Waals surface area contributed by atoms with Crippen molar-refractivity contribution in [1.29, 1.82) is 0 Å². The molecule has 0 fully saturated rings. The Morgan fingerprint density at radius 2 is 1.52 bits per heavy atom. The molecule has 5 heteroatoms. The molecule has 0 saturated heterocycles. The molecule has 0 aliphatic carbocycles. The van der Waals surface area contributed by atoms with E-state index in [9.17, 15) is 4.79 Å². The van der Waals surface area contributed by atoms with E-state index in [1.165, 1.54) is 0 Å². The standard InChI is InChI=1S/C18H16N4O/c23-18(21-16-11-5-7-13-20-16)22-17(14-8-2-1-3-9-14)15-10-4-6-12-19-15/h1-13,17H,(H2,20,21,22,23)/t17-/m0/s1. The second kappa shape index (κ2) is 7.17. The van der Waals surface area contributed by atoms with Gasteiger partial charge in [0.1, 0.15) is 5.82 Å². The molecule has 0 aliphatic rings. The third-order valence-corrected chi connectivity index (χ3v) is 3.30. The van der Waals surface area contributed by atoms with Crippen LogP contribution in [0.1, 0.15) is 17.3 Å². The quantitative estimate of drug-likeness (QED) is 0.776. The van der Waals surface area contributed by atoms with E-state index in [2.05, 4.69) is 20.6 Å². The number of aromatic nitrogens is 2. The Kier molecular flexibility index (Phi) is 4.59. The van der Waals surface area contributed by atoms with Crippen molar-refractivity contribution in [2.45, 2.75) is 6.04 Å². The summed E-state index contributed by atoms with van der Waals surface area (Å²) in [5.41, 5.74) is 1.73. The molecule has 2 amide bonds. The Morgan fingerprint density at radius 1 is 0.826 bits per heavy atom. The molecule has 3 rings (SSSR count). The highest BCUT2D eigenvalue weighted by Gasteiger charge is 2.17. The van der Waals surface area contributed by atoms with Gasteiger partial charge in [-0.15, -0.1) is 0 Å². The zero-order valence-corrected chi connectivity index (χ0v) is 12.4. The molecule has 1 atom stereocenters. The summed E-state index contributed by atoms with van der Waals surface area (Å²) >= 11 is 0. The molecular weight excluding hydrogens is 288 g/mol. The van der Waals surface area contributed by atoms with Crippen LogP contribution in [0.15, 0.2) is 79.1 Å². The van der Waals surface area contributed by atoms with Gasteiger partial charge in [0.25, 0.3) is 0 Å². The molecule has 3 aromatic rings. The van der Waals surface area contributed by atoms with Crippen molar-refractivity contribution >= 4 is 11.8 Å². The molecule has 2 N–H and O–H groups in total. The second-order valence-electron chi connectivity index (χ2n) is 4.91. The highest BCUT2D eigenvalue weighted by molar-refractivity contribution is 5.88. The molecule has 2 aromatic heterocycles. The number of pyridine rings is 2. The predicted octanol–water partition coefficient (Wildman–Crippen LogP) is 3.39. The van der Waals surface area contributed by atoms with Crippen molar-refractivity contribution in [3.05, 3.63) is 90.4 Å². The molecule has 114 valence electrons. The van der Waals surface area contributed by atoms with E-state index in [0.717, 1.165) is 11.3 Å². The molecular formula is C18H16N4O. The summed E-state index contributed by atoms with van der Waals surface area (Å²) < 4.78 is 0. The molecule has 1 aromatic carbocycles. The molecule has 23 heavy (non-hydrogen) atoms. The number of amides is 2. The lowest BCUT2D eigenvalue weighted by atomic mass is 10.0. The van der Waals surface area contributed by atoms with Crippen molar-refractivity contribution in [2.24, 2.45) is 0 Å². The molecule has 0 radical (unpaired) electrons. The third-order valence-electron chi connectivity index (χ3n) is 3.30. The largest absolute Gasteiger partial charge is 0.325 e. The molecule has 2 heterocycles. The molecule has 0 saturated carbocycles. The average molecular weight is 304 g/mol. The Bertz CT molecular complexity index is 708. The maximum atomic E-state index is 12.3. The lowest BCUT2D eigenvalue weighted by molar-refractivity contribution is 0.250. The monoisotopic (exact) mass is 304 g/mol. The Balaban J connectivity index is 1.81. The zero-order chi connectivity index (χ0) is 15.9. The van der Waals surface area contributed by atoms with Gasteiger partial charge < -0.3 is 5.32 Å². The zero-order valence-electron chi connectivity index (χ0n) is 12.4. The van der Waals surface area contributed by atoms with Crippen LogP contribution in [-0.4, -0.2) is 16.0 Å². The minimum atomic E-state index is -0.332. The summed E-state index contributed by atoms with van der Waals surface area (Å²) in [4.78, 5) is 20.7. The predicted molar refractivity (Wildman–Crippen MR) is 88.9 cm³/mol. The fourth-order valence-corrected chi connectivity index (χ4v) is 2.24. The average Bonchev–Trinajstić information content (AvgIpc) is 2.62. The van der Waals surface area contributed by atoms with E-state index in [0.29, 0.717) is 5.82 Å².